The number of aryl methyl sites for hydroxylation is 1. The van der Waals surface area contributed by atoms with Crippen LogP contribution in [0, 0.1) is 0 Å². The first-order valence-electron chi connectivity index (χ1n) is 9.48. The first-order chi connectivity index (χ1) is 14.2. The van der Waals surface area contributed by atoms with Crippen molar-refractivity contribution in [1.82, 2.24) is 20.5 Å². The predicted octanol–water partition coefficient (Wildman–Crippen LogP) is 3.40. The van der Waals surface area contributed by atoms with Crippen molar-refractivity contribution in [3.63, 3.8) is 0 Å². The molecule has 2 aromatic carbocycles. The number of amides is 1. The first kappa shape index (κ1) is 18.7. The Morgan fingerprint density at radius 2 is 1.86 bits per heavy atom. The van der Waals surface area contributed by atoms with Crippen LogP contribution in [0.1, 0.15) is 29.3 Å². The average molecular weight is 390 g/mol. The summed E-state index contributed by atoms with van der Waals surface area (Å²) in [6.45, 7) is 0.415. The van der Waals surface area contributed by atoms with Crippen molar-refractivity contribution in [1.29, 1.82) is 0 Å². The molecule has 0 unspecified atom stereocenters. The molecule has 1 amide bonds. The molecule has 2 N–H and O–H groups in total. The Morgan fingerprint density at radius 3 is 2.76 bits per heavy atom. The van der Waals surface area contributed by atoms with E-state index in [9.17, 15) is 4.79 Å². The van der Waals surface area contributed by atoms with Gasteiger partial charge < -0.3 is 19.5 Å². The smallest absolute Gasteiger partial charge is 0.221 e. The van der Waals surface area contributed by atoms with Crippen LogP contribution >= 0.6 is 0 Å². The summed E-state index contributed by atoms with van der Waals surface area (Å²) in [6.07, 6.45) is 3.19. The molecule has 0 fully saturated rings. The quantitative estimate of drug-likeness (QED) is 0.481. The lowest BCUT2D eigenvalue weighted by atomic mass is 10.1. The van der Waals surface area contributed by atoms with Crippen molar-refractivity contribution in [2.45, 2.75) is 25.8 Å². The van der Waals surface area contributed by atoms with Crippen LogP contribution in [0.15, 0.2) is 59.1 Å². The highest BCUT2D eigenvalue weighted by molar-refractivity contribution is 5.83. The Morgan fingerprint density at radius 1 is 1.07 bits per heavy atom. The molecule has 29 heavy (non-hydrogen) atoms. The molecular formula is C22H22N4O3. The van der Waals surface area contributed by atoms with Crippen molar-refractivity contribution in [2.24, 2.45) is 0 Å². The molecule has 7 nitrogen and oxygen atoms in total. The van der Waals surface area contributed by atoms with Crippen molar-refractivity contribution in [3.05, 3.63) is 77.6 Å². The summed E-state index contributed by atoms with van der Waals surface area (Å²) in [5.41, 5.74) is 3.11. The highest BCUT2D eigenvalue weighted by Gasteiger charge is 2.12. The van der Waals surface area contributed by atoms with Crippen molar-refractivity contribution in [2.75, 3.05) is 7.11 Å². The second kappa shape index (κ2) is 8.60. The second-order valence-corrected chi connectivity index (χ2v) is 6.71. The van der Waals surface area contributed by atoms with E-state index in [-0.39, 0.29) is 12.3 Å². The van der Waals surface area contributed by atoms with Crippen LogP contribution in [0.4, 0.5) is 0 Å². The van der Waals surface area contributed by atoms with E-state index in [0.717, 1.165) is 27.8 Å². The van der Waals surface area contributed by atoms with Crippen molar-refractivity contribution < 1.29 is 13.9 Å². The molecule has 0 saturated heterocycles. The molecule has 2 heterocycles. The van der Waals surface area contributed by atoms with E-state index < -0.39 is 0 Å². The summed E-state index contributed by atoms with van der Waals surface area (Å²) >= 11 is 0. The van der Waals surface area contributed by atoms with Crippen LogP contribution < -0.4 is 10.1 Å². The lowest BCUT2D eigenvalue weighted by Crippen LogP contribution is -2.23. The molecule has 4 rings (SSSR count). The largest absolute Gasteiger partial charge is 0.496 e. The number of carbonyl (C=O) groups excluding carboxylic acids is 1. The molecule has 7 heteroatoms. The Bertz CT molecular complexity index is 1120. The Balaban J connectivity index is 1.29. The molecular weight excluding hydrogens is 368 g/mol. The summed E-state index contributed by atoms with van der Waals surface area (Å²) < 4.78 is 11.0. The molecule has 2 aromatic heterocycles. The minimum Gasteiger partial charge on any atom is -0.496 e. The van der Waals surface area contributed by atoms with E-state index in [4.69, 9.17) is 9.15 Å². The molecule has 0 aliphatic heterocycles. The summed E-state index contributed by atoms with van der Waals surface area (Å²) in [5.74, 6) is 1.69. The minimum atomic E-state index is -0.0766. The van der Waals surface area contributed by atoms with Crippen LogP contribution in [0.25, 0.3) is 10.9 Å². The lowest BCUT2D eigenvalue weighted by molar-refractivity contribution is -0.121. The summed E-state index contributed by atoms with van der Waals surface area (Å²) in [4.78, 5) is 15.4. The molecule has 148 valence electrons. The fourth-order valence-corrected chi connectivity index (χ4v) is 3.25. The van der Waals surface area contributed by atoms with Gasteiger partial charge in [-0.15, -0.1) is 10.2 Å². The third kappa shape index (κ3) is 4.45. The fraction of sp³-hybridized carbons (Fsp3) is 0.227. The number of para-hydroxylation sites is 2. The highest BCUT2D eigenvalue weighted by atomic mass is 16.5. The zero-order valence-electron chi connectivity index (χ0n) is 16.1. The van der Waals surface area contributed by atoms with E-state index in [1.165, 1.54) is 0 Å². The van der Waals surface area contributed by atoms with E-state index in [0.29, 0.717) is 31.2 Å². The van der Waals surface area contributed by atoms with Gasteiger partial charge in [0.25, 0.3) is 0 Å². The second-order valence-electron chi connectivity index (χ2n) is 6.71. The van der Waals surface area contributed by atoms with E-state index >= 15 is 0 Å². The van der Waals surface area contributed by atoms with E-state index in [1.807, 2.05) is 48.7 Å². The molecule has 0 aliphatic rings. The number of aromatic amines is 1. The summed E-state index contributed by atoms with van der Waals surface area (Å²) in [6, 6.07) is 15.7. The third-order valence-electron chi connectivity index (χ3n) is 4.76. The van der Waals surface area contributed by atoms with Crippen LogP contribution in [-0.2, 0) is 24.2 Å². The molecule has 0 atom stereocenters. The number of H-pyrrole nitrogens is 1. The fourth-order valence-electron chi connectivity index (χ4n) is 3.25. The molecule has 4 aromatic rings. The van der Waals surface area contributed by atoms with Gasteiger partial charge in [-0.1, -0.05) is 36.4 Å². The zero-order valence-corrected chi connectivity index (χ0v) is 16.1. The average Bonchev–Trinajstić information content (AvgIpc) is 3.38. The van der Waals surface area contributed by atoms with Gasteiger partial charge in [0.1, 0.15) is 5.75 Å². The Labute approximate surface area is 168 Å². The standard InChI is InChI=1S/C22H22N4O3/c1-28-19-9-5-2-6-15(19)13-24-20(27)10-11-21-25-26-22(29-21)12-16-14-23-18-8-4-3-7-17(16)18/h2-9,14,23H,10-13H2,1H3,(H,24,27). The van der Waals surface area contributed by atoms with Gasteiger partial charge in [0, 0.05) is 42.0 Å². The van der Waals surface area contributed by atoms with Gasteiger partial charge in [0.15, 0.2) is 0 Å². The lowest BCUT2D eigenvalue weighted by Gasteiger charge is -2.09. The molecule has 0 aliphatic carbocycles. The summed E-state index contributed by atoms with van der Waals surface area (Å²) in [5, 5.41) is 12.2. The zero-order chi connectivity index (χ0) is 20.1. The first-order valence-corrected chi connectivity index (χ1v) is 9.48. The van der Waals surface area contributed by atoms with Gasteiger partial charge >= 0.3 is 0 Å². The monoisotopic (exact) mass is 390 g/mol. The number of aromatic nitrogens is 3. The van der Waals surface area contributed by atoms with Gasteiger partial charge in [0.2, 0.25) is 17.7 Å². The minimum absolute atomic E-state index is 0.0766. The van der Waals surface area contributed by atoms with Gasteiger partial charge in [-0.3, -0.25) is 4.79 Å². The van der Waals surface area contributed by atoms with Gasteiger partial charge in [-0.25, -0.2) is 0 Å². The maximum absolute atomic E-state index is 12.2. The van der Waals surface area contributed by atoms with E-state index in [1.54, 1.807) is 7.11 Å². The summed E-state index contributed by atoms with van der Waals surface area (Å²) in [7, 11) is 1.62. The number of nitrogens with one attached hydrogen (secondary N) is 2. The Kier molecular flexibility index (Phi) is 5.56. The number of nitrogens with zero attached hydrogens (tertiary/aromatic N) is 2. The highest BCUT2D eigenvalue weighted by Crippen LogP contribution is 2.20. The van der Waals surface area contributed by atoms with Gasteiger partial charge in [-0.05, 0) is 17.7 Å². The predicted molar refractivity (Wildman–Crippen MR) is 109 cm³/mol. The number of hydrogen-bond donors (Lipinski definition) is 2. The number of methoxy groups -OCH3 is 1. The Hall–Kier alpha value is -3.61. The van der Waals surface area contributed by atoms with Crippen molar-refractivity contribution in [3.8, 4) is 5.75 Å². The van der Waals surface area contributed by atoms with Crippen molar-refractivity contribution >= 4 is 16.8 Å². The molecule has 0 spiro atoms. The maximum Gasteiger partial charge on any atom is 0.221 e. The normalized spacial score (nSPS) is 10.9. The third-order valence-corrected chi connectivity index (χ3v) is 4.76. The van der Waals surface area contributed by atoms with Gasteiger partial charge in [0.05, 0.1) is 13.5 Å². The number of ether oxygens (including phenoxy) is 1. The number of fused-ring (bicyclic) bond motifs is 1. The number of rotatable bonds is 8. The van der Waals surface area contributed by atoms with Crippen LogP contribution in [0.2, 0.25) is 0 Å². The number of benzene rings is 2. The SMILES string of the molecule is COc1ccccc1CNC(=O)CCc1nnc(Cc2c[nH]c3ccccc23)o1. The topological polar surface area (TPSA) is 93.0 Å². The maximum atomic E-state index is 12.2. The number of carbonyl (C=O) groups is 1. The van der Waals surface area contributed by atoms with Gasteiger partial charge in [-0.2, -0.15) is 0 Å². The van der Waals surface area contributed by atoms with Crippen LogP contribution in [-0.4, -0.2) is 28.2 Å². The number of hydrogen-bond acceptors (Lipinski definition) is 5. The van der Waals surface area contributed by atoms with E-state index in [2.05, 4.69) is 26.6 Å². The van der Waals surface area contributed by atoms with Crippen LogP contribution in [0.3, 0.4) is 0 Å². The molecule has 0 bridgehead atoms. The van der Waals surface area contributed by atoms with Crippen LogP contribution in [0.5, 0.6) is 5.75 Å². The molecule has 0 saturated carbocycles. The molecule has 0 radical (unpaired) electrons.